The Kier molecular flexibility index (Phi) is 7.49. The lowest BCUT2D eigenvalue weighted by molar-refractivity contribution is -0.274. The number of nitrogens with one attached hydrogen (secondary N) is 2. The van der Waals surface area contributed by atoms with Crippen LogP contribution in [0.15, 0.2) is 42.5 Å². The first kappa shape index (κ1) is 24.8. The standard InChI is InChI=1S/C25H30F3N5O2/c1-33(2)23-20-5-3-4-6-21(20)31-24(32-23)30-18-9-7-16(8-10-18)14-29-15-17-13-19(11-12-22(17)34)35-25(26,27)28/h3-6,11-13,16,18,29,34H,7-10,14-15H2,1-2H3,(H,30,31,32)/t16-,18+. The Balaban J connectivity index is 1.27. The van der Waals surface area contributed by atoms with Crippen LogP contribution in [0.4, 0.5) is 24.9 Å². The molecule has 1 aliphatic rings. The van der Waals surface area contributed by atoms with Crippen LogP contribution in [0.5, 0.6) is 11.5 Å². The minimum absolute atomic E-state index is 0.0626. The van der Waals surface area contributed by atoms with Gasteiger partial charge in [0, 0.05) is 37.6 Å². The number of hydrogen-bond donors (Lipinski definition) is 3. The molecule has 1 aromatic heterocycles. The number of fused-ring (bicyclic) bond motifs is 1. The van der Waals surface area contributed by atoms with Crippen LogP contribution >= 0.6 is 0 Å². The Morgan fingerprint density at radius 2 is 1.80 bits per heavy atom. The lowest BCUT2D eigenvalue weighted by atomic mass is 9.86. The van der Waals surface area contributed by atoms with Crippen molar-refractivity contribution in [3.05, 3.63) is 48.0 Å². The van der Waals surface area contributed by atoms with Crippen molar-refractivity contribution in [2.24, 2.45) is 5.92 Å². The van der Waals surface area contributed by atoms with Gasteiger partial charge in [-0.1, -0.05) is 12.1 Å². The zero-order chi connectivity index (χ0) is 25.0. The Bertz CT molecular complexity index is 1150. The van der Waals surface area contributed by atoms with Gasteiger partial charge in [-0.2, -0.15) is 4.98 Å². The number of hydrogen-bond acceptors (Lipinski definition) is 7. The van der Waals surface area contributed by atoms with Gasteiger partial charge in [0.05, 0.1) is 5.52 Å². The molecule has 0 saturated heterocycles. The first-order valence-electron chi connectivity index (χ1n) is 11.7. The fraction of sp³-hybridized carbons (Fsp3) is 0.440. The van der Waals surface area contributed by atoms with Gasteiger partial charge in [-0.25, -0.2) is 4.98 Å². The van der Waals surface area contributed by atoms with Crippen molar-refractivity contribution >= 4 is 22.7 Å². The molecule has 3 N–H and O–H groups in total. The van der Waals surface area contributed by atoms with Gasteiger partial charge in [0.15, 0.2) is 0 Å². The molecule has 0 atom stereocenters. The smallest absolute Gasteiger partial charge is 0.508 e. The maximum atomic E-state index is 12.4. The van der Waals surface area contributed by atoms with Crippen molar-refractivity contribution in [3.63, 3.8) is 0 Å². The molecule has 188 valence electrons. The highest BCUT2D eigenvalue weighted by Crippen LogP contribution is 2.30. The number of anilines is 2. The first-order chi connectivity index (χ1) is 16.7. The molecule has 1 fully saturated rings. The molecule has 0 radical (unpaired) electrons. The molecular weight excluding hydrogens is 459 g/mol. The fourth-order valence-corrected chi connectivity index (χ4v) is 4.47. The quantitative estimate of drug-likeness (QED) is 0.408. The molecule has 0 bridgehead atoms. The molecule has 1 aliphatic carbocycles. The minimum atomic E-state index is -4.76. The second kappa shape index (κ2) is 10.6. The van der Waals surface area contributed by atoms with Crippen LogP contribution in [0.25, 0.3) is 10.9 Å². The first-order valence-corrected chi connectivity index (χ1v) is 11.7. The third kappa shape index (κ3) is 6.66. The predicted octanol–water partition coefficient (Wildman–Crippen LogP) is 5.06. The van der Waals surface area contributed by atoms with E-state index in [1.54, 1.807) is 0 Å². The summed E-state index contributed by atoms with van der Waals surface area (Å²) in [5, 5.41) is 17.7. The molecule has 0 aliphatic heterocycles. The van der Waals surface area contributed by atoms with E-state index in [-0.39, 0.29) is 24.1 Å². The highest BCUT2D eigenvalue weighted by Gasteiger charge is 2.31. The van der Waals surface area contributed by atoms with Gasteiger partial charge in [0.25, 0.3) is 0 Å². The maximum absolute atomic E-state index is 12.4. The summed E-state index contributed by atoms with van der Waals surface area (Å²) >= 11 is 0. The van der Waals surface area contributed by atoms with Crippen LogP contribution in [0.1, 0.15) is 31.2 Å². The van der Waals surface area contributed by atoms with Gasteiger partial charge in [0.2, 0.25) is 5.95 Å². The van der Waals surface area contributed by atoms with Crippen LogP contribution in [-0.4, -0.2) is 48.1 Å². The van der Waals surface area contributed by atoms with E-state index >= 15 is 0 Å². The summed E-state index contributed by atoms with van der Waals surface area (Å²) in [5.74, 6) is 1.55. The summed E-state index contributed by atoms with van der Waals surface area (Å²) in [5.41, 5.74) is 1.27. The molecule has 0 amide bonds. The number of ether oxygens (including phenoxy) is 1. The number of phenolic OH excluding ortho intramolecular Hbond substituents is 1. The zero-order valence-corrected chi connectivity index (χ0v) is 19.8. The maximum Gasteiger partial charge on any atom is 0.573 e. The molecule has 1 heterocycles. The monoisotopic (exact) mass is 489 g/mol. The molecule has 4 rings (SSSR count). The largest absolute Gasteiger partial charge is 0.573 e. The van der Waals surface area contributed by atoms with Crippen LogP contribution in [0.2, 0.25) is 0 Å². The molecule has 35 heavy (non-hydrogen) atoms. The van der Waals surface area contributed by atoms with Gasteiger partial charge in [0.1, 0.15) is 17.3 Å². The van der Waals surface area contributed by atoms with Crippen molar-refractivity contribution in [2.75, 3.05) is 30.9 Å². The number of halogens is 3. The predicted molar refractivity (Wildman–Crippen MR) is 130 cm³/mol. The van der Waals surface area contributed by atoms with E-state index in [0.29, 0.717) is 24.0 Å². The molecule has 10 heteroatoms. The highest BCUT2D eigenvalue weighted by atomic mass is 19.4. The second-order valence-corrected chi connectivity index (χ2v) is 9.11. The van der Waals surface area contributed by atoms with Gasteiger partial charge < -0.3 is 25.4 Å². The van der Waals surface area contributed by atoms with Crippen molar-refractivity contribution in [3.8, 4) is 11.5 Å². The summed E-state index contributed by atoms with van der Waals surface area (Å²) in [6, 6.07) is 11.8. The number of aromatic nitrogens is 2. The summed E-state index contributed by atoms with van der Waals surface area (Å²) in [6.45, 7) is 0.977. The molecule has 7 nitrogen and oxygen atoms in total. The summed E-state index contributed by atoms with van der Waals surface area (Å²) in [4.78, 5) is 11.4. The Hall–Kier alpha value is -3.27. The second-order valence-electron chi connectivity index (χ2n) is 9.11. The summed E-state index contributed by atoms with van der Waals surface area (Å²) in [6.07, 6.45) is -0.815. The van der Waals surface area contributed by atoms with Crippen molar-refractivity contribution in [1.29, 1.82) is 0 Å². The van der Waals surface area contributed by atoms with Crippen LogP contribution in [0, 0.1) is 5.92 Å². The number of aromatic hydroxyl groups is 1. The fourth-order valence-electron chi connectivity index (χ4n) is 4.47. The number of nitrogens with zero attached hydrogens (tertiary/aromatic N) is 3. The number of benzene rings is 2. The third-order valence-corrected chi connectivity index (χ3v) is 6.22. The molecule has 0 unspecified atom stereocenters. The third-order valence-electron chi connectivity index (χ3n) is 6.22. The minimum Gasteiger partial charge on any atom is -0.508 e. The van der Waals surface area contributed by atoms with Crippen LogP contribution in [-0.2, 0) is 6.54 Å². The lowest BCUT2D eigenvalue weighted by Crippen LogP contribution is -2.31. The highest BCUT2D eigenvalue weighted by molar-refractivity contribution is 5.90. The van der Waals surface area contributed by atoms with Gasteiger partial charge in [-0.15, -0.1) is 13.2 Å². The van der Waals surface area contributed by atoms with E-state index in [4.69, 9.17) is 4.98 Å². The van der Waals surface area contributed by atoms with E-state index in [1.165, 1.54) is 12.1 Å². The number of phenols is 1. The molecular formula is C25H30F3N5O2. The average Bonchev–Trinajstić information content (AvgIpc) is 2.80. The van der Waals surface area contributed by atoms with Crippen molar-refractivity contribution in [1.82, 2.24) is 15.3 Å². The van der Waals surface area contributed by atoms with Crippen LogP contribution < -0.4 is 20.3 Å². The topological polar surface area (TPSA) is 82.5 Å². The van der Waals surface area contributed by atoms with Crippen molar-refractivity contribution < 1.29 is 23.0 Å². The van der Waals surface area contributed by atoms with Crippen LogP contribution in [0.3, 0.4) is 0 Å². The van der Waals surface area contributed by atoms with E-state index in [1.807, 2.05) is 43.3 Å². The average molecular weight is 490 g/mol. The Labute approximate surface area is 202 Å². The van der Waals surface area contributed by atoms with Gasteiger partial charge in [-0.05, 0) is 68.5 Å². The van der Waals surface area contributed by atoms with Gasteiger partial charge >= 0.3 is 6.36 Å². The molecule has 0 spiro atoms. The molecule has 2 aromatic carbocycles. The number of para-hydroxylation sites is 1. The van der Waals surface area contributed by atoms with E-state index in [9.17, 15) is 18.3 Å². The summed E-state index contributed by atoms with van der Waals surface area (Å²) in [7, 11) is 3.94. The Morgan fingerprint density at radius 1 is 1.06 bits per heavy atom. The molecule has 3 aromatic rings. The van der Waals surface area contributed by atoms with Crippen molar-refractivity contribution in [2.45, 2.75) is 44.6 Å². The van der Waals surface area contributed by atoms with E-state index in [0.717, 1.165) is 48.5 Å². The SMILES string of the molecule is CN(C)c1nc(N[C@H]2CC[C@@H](CNCc3cc(OC(F)(F)F)ccc3O)CC2)nc2ccccc12. The number of rotatable bonds is 8. The normalized spacial score (nSPS) is 18.4. The molecule has 1 saturated carbocycles. The van der Waals surface area contributed by atoms with E-state index < -0.39 is 6.36 Å². The zero-order valence-electron chi connectivity index (χ0n) is 19.8. The Morgan fingerprint density at radius 3 is 2.51 bits per heavy atom. The lowest BCUT2D eigenvalue weighted by Gasteiger charge is -2.29. The number of alkyl halides is 3. The van der Waals surface area contributed by atoms with E-state index in [2.05, 4.69) is 20.4 Å². The summed E-state index contributed by atoms with van der Waals surface area (Å²) < 4.78 is 41.3. The van der Waals surface area contributed by atoms with Gasteiger partial charge in [-0.3, -0.25) is 0 Å².